The molecular weight excluding hydrogens is 248 g/mol. The van der Waals surface area contributed by atoms with Crippen LogP contribution < -0.4 is 21.3 Å². The van der Waals surface area contributed by atoms with E-state index in [0.29, 0.717) is 0 Å². The van der Waals surface area contributed by atoms with E-state index in [4.69, 9.17) is 0 Å². The van der Waals surface area contributed by atoms with Gasteiger partial charge < -0.3 is 21.3 Å². The Morgan fingerprint density at radius 3 is 2.20 bits per heavy atom. The van der Waals surface area contributed by atoms with Crippen LogP contribution in [-0.4, -0.2) is 51.9 Å². The largest absolute Gasteiger partial charge is 0.317 e. The predicted octanol–water partition coefficient (Wildman–Crippen LogP) is 1.33. The third-order valence-electron chi connectivity index (χ3n) is 4.20. The molecule has 120 valence electrons. The van der Waals surface area contributed by atoms with Gasteiger partial charge in [-0.3, -0.25) is 0 Å². The van der Waals surface area contributed by atoms with E-state index in [1.54, 1.807) is 0 Å². The van der Waals surface area contributed by atoms with E-state index in [9.17, 15) is 0 Å². The maximum atomic E-state index is 3.63. The minimum atomic E-state index is 0.761. The molecule has 0 aromatic heterocycles. The first-order valence-electron chi connectivity index (χ1n) is 8.74. The number of hydrogen-bond acceptors (Lipinski definition) is 4. The average Bonchev–Trinajstić information content (AvgIpc) is 2.89. The van der Waals surface area contributed by atoms with Gasteiger partial charge in [0, 0.05) is 6.04 Å². The summed E-state index contributed by atoms with van der Waals surface area (Å²) >= 11 is 0. The lowest BCUT2D eigenvalue weighted by Gasteiger charge is -2.20. The summed E-state index contributed by atoms with van der Waals surface area (Å²) < 4.78 is 0. The molecule has 2 unspecified atom stereocenters. The van der Waals surface area contributed by atoms with Crippen LogP contribution in [0, 0.1) is 5.92 Å². The van der Waals surface area contributed by atoms with Gasteiger partial charge in [0.05, 0.1) is 0 Å². The third-order valence-corrected chi connectivity index (χ3v) is 4.20. The van der Waals surface area contributed by atoms with E-state index in [1.165, 1.54) is 38.6 Å². The summed E-state index contributed by atoms with van der Waals surface area (Å²) in [6.45, 7) is 12.3. The maximum absolute atomic E-state index is 3.63. The summed E-state index contributed by atoms with van der Waals surface area (Å²) in [4.78, 5) is 0. The van der Waals surface area contributed by atoms with Crippen molar-refractivity contribution in [3.05, 3.63) is 0 Å². The molecule has 20 heavy (non-hydrogen) atoms. The fourth-order valence-corrected chi connectivity index (χ4v) is 3.08. The highest BCUT2D eigenvalue weighted by Crippen LogP contribution is 2.24. The first-order chi connectivity index (χ1) is 9.88. The second kappa shape index (κ2) is 12.6. The van der Waals surface area contributed by atoms with E-state index in [-0.39, 0.29) is 0 Å². The van der Waals surface area contributed by atoms with Gasteiger partial charge in [0.25, 0.3) is 0 Å². The summed E-state index contributed by atoms with van der Waals surface area (Å²) in [7, 11) is 0. The Kier molecular flexibility index (Phi) is 11.2. The summed E-state index contributed by atoms with van der Waals surface area (Å²) in [5.74, 6) is 0.850. The van der Waals surface area contributed by atoms with Gasteiger partial charge in [-0.05, 0) is 77.4 Å². The minimum Gasteiger partial charge on any atom is -0.317 e. The van der Waals surface area contributed by atoms with Crippen molar-refractivity contribution in [2.24, 2.45) is 5.92 Å². The first-order valence-corrected chi connectivity index (χ1v) is 8.74. The molecule has 0 aromatic rings. The Bertz CT molecular complexity index is 211. The fraction of sp³-hybridized carbons (Fsp3) is 1.00. The van der Waals surface area contributed by atoms with Crippen LogP contribution in [0.1, 0.15) is 46.0 Å². The Morgan fingerprint density at radius 2 is 1.50 bits per heavy atom. The second-order valence-corrected chi connectivity index (χ2v) is 5.87. The molecule has 1 aliphatic carbocycles. The topological polar surface area (TPSA) is 48.1 Å². The fourth-order valence-electron chi connectivity index (χ4n) is 3.08. The Balaban J connectivity index is 1.84. The van der Waals surface area contributed by atoms with Crippen LogP contribution in [0.25, 0.3) is 0 Å². The zero-order valence-electron chi connectivity index (χ0n) is 13.6. The quantitative estimate of drug-likeness (QED) is 0.386. The monoisotopic (exact) mass is 284 g/mol. The van der Waals surface area contributed by atoms with Crippen LogP contribution in [0.15, 0.2) is 0 Å². The van der Waals surface area contributed by atoms with Gasteiger partial charge in [0.15, 0.2) is 0 Å². The molecule has 0 aliphatic heterocycles. The molecule has 1 rings (SSSR count). The van der Waals surface area contributed by atoms with Gasteiger partial charge in [0.1, 0.15) is 0 Å². The van der Waals surface area contributed by atoms with E-state index >= 15 is 0 Å². The SMILES string of the molecule is CCNCCCNCCCNCC1CCCC1NCC. The lowest BCUT2D eigenvalue weighted by atomic mass is 10.0. The molecule has 0 spiro atoms. The van der Waals surface area contributed by atoms with Crippen LogP contribution in [0.2, 0.25) is 0 Å². The molecule has 0 amide bonds. The van der Waals surface area contributed by atoms with Crippen molar-refractivity contribution < 1.29 is 0 Å². The van der Waals surface area contributed by atoms with Gasteiger partial charge in [-0.25, -0.2) is 0 Å². The van der Waals surface area contributed by atoms with Crippen molar-refractivity contribution in [3.8, 4) is 0 Å². The lowest BCUT2D eigenvalue weighted by molar-refractivity contribution is 0.385. The van der Waals surface area contributed by atoms with E-state index in [1.807, 2.05) is 0 Å². The summed E-state index contributed by atoms with van der Waals surface area (Å²) in [6, 6.07) is 0.761. The van der Waals surface area contributed by atoms with Crippen molar-refractivity contribution >= 4 is 0 Å². The molecule has 0 saturated heterocycles. The highest BCUT2D eigenvalue weighted by Gasteiger charge is 2.25. The number of hydrogen-bond donors (Lipinski definition) is 4. The molecule has 1 saturated carbocycles. The van der Waals surface area contributed by atoms with Crippen LogP contribution in [0.3, 0.4) is 0 Å². The van der Waals surface area contributed by atoms with Crippen LogP contribution in [-0.2, 0) is 0 Å². The number of nitrogens with one attached hydrogen (secondary N) is 4. The molecule has 0 radical (unpaired) electrons. The second-order valence-electron chi connectivity index (χ2n) is 5.87. The maximum Gasteiger partial charge on any atom is 0.0107 e. The first kappa shape index (κ1) is 17.9. The summed E-state index contributed by atoms with van der Waals surface area (Å²) in [5.41, 5.74) is 0. The molecule has 4 N–H and O–H groups in total. The molecule has 2 atom stereocenters. The lowest BCUT2D eigenvalue weighted by Crippen LogP contribution is -2.38. The van der Waals surface area contributed by atoms with Crippen molar-refractivity contribution in [1.29, 1.82) is 0 Å². The van der Waals surface area contributed by atoms with Crippen molar-refractivity contribution in [2.75, 3.05) is 45.8 Å². The molecule has 4 nitrogen and oxygen atoms in total. The Hall–Kier alpha value is -0.160. The van der Waals surface area contributed by atoms with E-state index in [2.05, 4.69) is 35.1 Å². The zero-order chi connectivity index (χ0) is 14.5. The summed E-state index contributed by atoms with van der Waals surface area (Å²) in [5, 5.41) is 14.1. The smallest absolute Gasteiger partial charge is 0.0107 e. The highest BCUT2D eigenvalue weighted by molar-refractivity contribution is 4.84. The van der Waals surface area contributed by atoms with Crippen LogP contribution in [0.5, 0.6) is 0 Å². The van der Waals surface area contributed by atoms with E-state index < -0.39 is 0 Å². The highest BCUT2D eigenvalue weighted by atomic mass is 15.0. The Labute approximate surface area is 125 Å². The van der Waals surface area contributed by atoms with Gasteiger partial charge in [-0.1, -0.05) is 20.3 Å². The van der Waals surface area contributed by atoms with Gasteiger partial charge in [-0.15, -0.1) is 0 Å². The Morgan fingerprint density at radius 1 is 0.800 bits per heavy atom. The standard InChI is InChI=1S/C16H36N4/c1-3-17-10-6-11-18-12-7-13-19-14-15-8-5-9-16(15)20-4-2/h15-20H,3-14H2,1-2H3. The van der Waals surface area contributed by atoms with Crippen molar-refractivity contribution in [2.45, 2.75) is 52.0 Å². The molecule has 4 heteroatoms. The molecule has 0 bridgehead atoms. The molecule has 1 aliphatic rings. The minimum absolute atomic E-state index is 0.761. The van der Waals surface area contributed by atoms with Gasteiger partial charge in [0.2, 0.25) is 0 Å². The van der Waals surface area contributed by atoms with Gasteiger partial charge in [-0.2, -0.15) is 0 Å². The number of rotatable bonds is 13. The normalized spacial score (nSPS) is 22.5. The van der Waals surface area contributed by atoms with Crippen molar-refractivity contribution in [3.63, 3.8) is 0 Å². The molecule has 0 heterocycles. The third kappa shape index (κ3) is 8.20. The molecule has 0 aromatic carbocycles. The zero-order valence-corrected chi connectivity index (χ0v) is 13.6. The van der Waals surface area contributed by atoms with Crippen LogP contribution in [0.4, 0.5) is 0 Å². The van der Waals surface area contributed by atoms with E-state index in [0.717, 1.165) is 51.2 Å². The predicted molar refractivity (Wildman–Crippen MR) is 88.3 cm³/mol. The summed E-state index contributed by atoms with van der Waals surface area (Å²) in [6.07, 6.45) is 6.63. The molecule has 1 fully saturated rings. The van der Waals surface area contributed by atoms with Crippen molar-refractivity contribution in [1.82, 2.24) is 21.3 Å². The average molecular weight is 284 g/mol. The molecular formula is C16H36N4. The van der Waals surface area contributed by atoms with Crippen LogP contribution >= 0.6 is 0 Å². The van der Waals surface area contributed by atoms with Gasteiger partial charge >= 0.3 is 0 Å².